The summed E-state index contributed by atoms with van der Waals surface area (Å²) >= 11 is 0. The van der Waals surface area contributed by atoms with Gasteiger partial charge in [0, 0.05) is 25.4 Å². The monoisotopic (exact) mass is 246 g/mol. The molecular formula is C13H18N4O. The van der Waals surface area contributed by atoms with Crippen LogP contribution in [0.5, 0.6) is 11.6 Å². The number of ether oxygens (including phenoxy) is 1. The zero-order chi connectivity index (χ0) is 13.3. The fourth-order valence-electron chi connectivity index (χ4n) is 1.90. The van der Waals surface area contributed by atoms with Gasteiger partial charge in [0.2, 0.25) is 5.88 Å². The number of aromatic nitrogens is 3. The van der Waals surface area contributed by atoms with E-state index in [2.05, 4.69) is 10.1 Å². The summed E-state index contributed by atoms with van der Waals surface area (Å²) in [6.07, 6.45) is 1.73. The molecule has 2 aromatic heterocycles. The predicted octanol–water partition coefficient (Wildman–Crippen LogP) is 1.99. The Morgan fingerprint density at radius 2 is 2.06 bits per heavy atom. The molecular weight excluding hydrogens is 228 g/mol. The topological polar surface area (TPSA) is 66.0 Å². The summed E-state index contributed by atoms with van der Waals surface area (Å²) in [5.41, 5.74) is 9.58. The minimum absolute atomic E-state index is 0.410. The van der Waals surface area contributed by atoms with Crippen LogP contribution >= 0.6 is 0 Å². The normalized spacial score (nSPS) is 10.7. The average Bonchev–Trinajstić information content (AvgIpc) is 2.56. The lowest BCUT2D eigenvalue weighted by molar-refractivity contribution is 0.448. The molecule has 2 rings (SSSR count). The highest BCUT2D eigenvalue weighted by Gasteiger charge is 2.15. The smallest absolute Gasteiger partial charge is 0.224 e. The van der Waals surface area contributed by atoms with Crippen molar-refractivity contribution in [3.8, 4) is 11.6 Å². The summed E-state index contributed by atoms with van der Waals surface area (Å²) in [5, 5.41) is 4.32. The zero-order valence-corrected chi connectivity index (χ0v) is 11.2. The molecule has 0 aliphatic carbocycles. The van der Waals surface area contributed by atoms with Crippen LogP contribution in [0, 0.1) is 20.8 Å². The van der Waals surface area contributed by atoms with Crippen LogP contribution in [0.2, 0.25) is 0 Å². The molecule has 0 bridgehead atoms. The molecule has 5 nitrogen and oxygen atoms in total. The molecule has 0 aromatic carbocycles. The van der Waals surface area contributed by atoms with Crippen LogP contribution in [-0.4, -0.2) is 14.8 Å². The van der Waals surface area contributed by atoms with Crippen molar-refractivity contribution in [2.75, 3.05) is 0 Å². The van der Waals surface area contributed by atoms with Crippen molar-refractivity contribution in [3.05, 3.63) is 34.8 Å². The van der Waals surface area contributed by atoms with Gasteiger partial charge in [0.1, 0.15) is 5.69 Å². The number of nitrogens with two attached hydrogens (primary N) is 1. The van der Waals surface area contributed by atoms with Crippen molar-refractivity contribution in [2.45, 2.75) is 27.3 Å². The largest absolute Gasteiger partial charge is 0.435 e. The molecule has 2 heterocycles. The fourth-order valence-corrected chi connectivity index (χ4v) is 1.90. The highest BCUT2D eigenvalue weighted by atomic mass is 16.5. The molecule has 0 amide bonds. The Hall–Kier alpha value is -1.88. The van der Waals surface area contributed by atoms with Gasteiger partial charge in [0.15, 0.2) is 5.75 Å². The fraction of sp³-hybridized carbons (Fsp3) is 0.385. The molecule has 0 atom stereocenters. The Labute approximate surface area is 107 Å². The van der Waals surface area contributed by atoms with Crippen molar-refractivity contribution in [1.29, 1.82) is 0 Å². The van der Waals surface area contributed by atoms with E-state index in [1.54, 1.807) is 10.9 Å². The second-order valence-electron chi connectivity index (χ2n) is 4.34. The van der Waals surface area contributed by atoms with Gasteiger partial charge in [-0.1, -0.05) is 0 Å². The van der Waals surface area contributed by atoms with Gasteiger partial charge in [-0.15, -0.1) is 0 Å². The van der Waals surface area contributed by atoms with E-state index in [1.807, 2.05) is 33.9 Å². The van der Waals surface area contributed by atoms with E-state index in [0.717, 1.165) is 28.3 Å². The zero-order valence-electron chi connectivity index (χ0n) is 11.2. The van der Waals surface area contributed by atoms with Gasteiger partial charge < -0.3 is 10.5 Å². The minimum atomic E-state index is 0.410. The maximum Gasteiger partial charge on any atom is 0.224 e. The van der Waals surface area contributed by atoms with Gasteiger partial charge in [0.25, 0.3) is 0 Å². The third-order valence-electron chi connectivity index (χ3n) is 3.10. The first-order valence-electron chi connectivity index (χ1n) is 5.87. The van der Waals surface area contributed by atoms with E-state index in [1.165, 1.54) is 0 Å². The number of rotatable bonds is 3. The van der Waals surface area contributed by atoms with E-state index in [4.69, 9.17) is 10.5 Å². The van der Waals surface area contributed by atoms with Gasteiger partial charge in [0.05, 0.1) is 5.69 Å². The Balaban J connectivity index is 2.43. The average molecular weight is 246 g/mol. The molecule has 96 valence electrons. The van der Waals surface area contributed by atoms with Crippen LogP contribution in [-0.2, 0) is 13.6 Å². The highest BCUT2D eigenvalue weighted by Crippen LogP contribution is 2.29. The number of hydrogen-bond acceptors (Lipinski definition) is 4. The molecule has 0 aliphatic rings. The predicted molar refractivity (Wildman–Crippen MR) is 69.6 cm³/mol. The van der Waals surface area contributed by atoms with Gasteiger partial charge >= 0.3 is 0 Å². The summed E-state index contributed by atoms with van der Waals surface area (Å²) < 4.78 is 7.68. The molecule has 18 heavy (non-hydrogen) atoms. The molecule has 2 aromatic rings. The Morgan fingerprint density at radius 3 is 2.61 bits per heavy atom. The van der Waals surface area contributed by atoms with Crippen LogP contribution in [0.25, 0.3) is 0 Å². The summed E-state index contributed by atoms with van der Waals surface area (Å²) in [7, 11) is 1.89. The van der Waals surface area contributed by atoms with Crippen molar-refractivity contribution in [1.82, 2.24) is 14.8 Å². The van der Waals surface area contributed by atoms with Crippen LogP contribution in [0.4, 0.5) is 0 Å². The standard InChI is InChI=1S/C13H18N4O/c1-8-5-6-15-13(11(8)7-14)18-12-9(2)16-17(4)10(12)3/h5-6H,7,14H2,1-4H3. The maximum atomic E-state index is 5.89. The van der Waals surface area contributed by atoms with Gasteiger partial charge in [-0.05, 0) is 32.4 Å². The van der Waals surface area contributed by atoms with Crippen molar-refractivity contribution in [3.63, 3.8) is 0 Å². The van der Waals surface area contributed by atoms with E-state index in [0.29, 0.717) is 12.4 Å². The van der Waals surface area contributed by atoms with Crippen LogP contribution in [0.1, 0.15) is 22.5 Å². The second kappa shape index (κ2) is 4.78. The molecule has 2 N–H and O–H groups in total. The van der Waals surface area contributed by atoms with Crippen LogP contribution < -0.4 is 10.5 Å². The maximum absolute atomic E-state index is 5.89. The first-order valence-corrected chi connectivity index (χ1v) is 5.87. The van der Waals surface area contributed by atoms with Gasteiger partial charge in [-0.2, -0.15) is 5.10 Å². The van der Waals surface area contributed by atoms with Crippen molar-refractivity contribution < 1.29 is 4.74 Å². The van der Waals surface area contributed by atoms with E-state index >= 15 is 0 Å². The molecule has 0 fully saturated rings. The summed E-state index contributed by atoms with van der Waals surface area (Å²) in [4.78, 5) is 4.26. The lowest BCUT2D eigenvalue weighted by atomic mass is 10.1. The van der Waals surface area contributed by atoms with E-state index in [9.17, 15) is 0 Å². The van der Waals surface area contributed by atoms with E-state index < -0.39 is 0 Å². The lowest BCUT2D eigenvalue weighted by Gasteiger charge is -2.10. The third-order valence-corrected chi connectivity index (χ3v) is 3.10. The van der Waals surface area contributed by atoms with Crippen molar-refractivity contribution >= 4 is 0 Å². The molecule has 0 unspecified atom stereocenters. The quantitative estimate of drug-likeness (QED) is 0.899. The minimum Gasteiger partial charge on any atom is -0.435 e. The Kier molecular flexibility index (Phi) is 3.34. The summed E-state index contributed by atoms with van der Waals surface area (Å²) in [6, 6.07) is 1.93. The molecule has 0 saturated heterocycles. The summed E-state index contributed by atoms with van der Waals surface area (Å²) in [6.45, 7) is 6.29. The first-order chi connectivity index (χ1) is 8.54. The van der Waals surface area contributed by atoms with E-state index in [-0.39, 0.29) is 0 Å². The molecule has 5 heteroatoms. The summed E-state index contributed by atoms with van der Waals surface area (Å²) in [5.74, 6) is 1.32. The second-order valence-corrected chi connectivity index (χ2v) is 4.34. The van der Waals surface area contributed by atoms with Crippen molar-refractivity contribution in [2.24, 2.45) is 12.8 Å². The Morgan fingerprint density at radius 1 is 1.33 bits per heavy atom. The lowest BCUT2D eigenvalue weighted by Crippen LogP contribution is -2.04. The molecule has 0 spiro atoms. The van der Waals surface area contributed by atoms with Crippen LogP contribution in [0.15, 0.2) is 12.3 Å². The van der Waals surface area contributed by atoms with Gasteiger partial charge in [-0.25, -0.2) is 4.98 Å². The molecule has 0 saturated carbocycles. The first kappa shape index (κ1) is 12.6. The molecule has 0 radical (unpaired) electrons. The highest BCUT2D eigenvalue weighted by molar-refractivity contribution is 5.40. The Bertz CT molecular complexity index is 575. The van der Waals surface area contributed by atoms with Crippen LogP contribution in [0.3, 0.4) is 0 Å². The van der Waals surface area contributed by atoms with Gasteiger partial charge in [-0.3, -0.25) is 4.68 Å². The number of nitrogens with zero attached hydrogens (tertiary/aromatic N) is 3. The number of hydrogen-bond donors (Lipinski definition) is 1. The third kappa shape index (κ3) is 2.09. The SMILES string of the molecule is Cc1ccnc(Oc2c(C)nn(C)c2C)c1CN. The number of aryl methyl sites for hydroxylation is 3. The molecule has 0 aliphatic heterocycles. The number of pyridine rings is 1.